The van der Waals surface area contributed by atoms with E-state index in [2.05, 4.69) is 6.58 Å². The molecule has 17 heavy (non-hydrogen) atoms. The summed E-state index contributed by atoms with van der Waals surface area (Å²) in [5, 5.41) is 0. The van der Waals surface area contributed by atoms with Gasteiger partial charge in [0.25, 0.3) is 5.91 Å². The van der Waals surface area contributed by atoms with Crippen molar-refractivity contribution in [1.82, 2.24) is 4.90 Å². The highest BCUT2D eigenvalue weighted by Crippen LogP contribution is 2.13. The van der Waals surface area contributed by atoms with E-state index in [1.807, 2.05) is 50.8 Å². The molecule has 1 rings (SSSR count). The molecule has 2 nitrogen and oxygen atoms in total. The van der Waals surface area contributed by atoms with E-state index in [0.29, 0.717) is 13.1 Å². The zero-order chi connectivity index (χ0) is 13.0. The Bertz CT molecular complexity index is 435. The van der Waals surface area contributed by atoms with Gasteiger partial charge in [0.15, 0.2) is 0 Å². The Morgan fingerprint density at radius 1 is 1.35 bits per heavy atom. The molecule has 0 aromatic heterocycles. The number of likely N-dealkylation sites (N-methyl/N-ethyl adjacent to an activating group) is 1. The quantitative estimate of drug-likeness (QED) is 0.728. The molecule has 0 N–H and O–H groups in total. The summed E-state index contributed by atoms with van der Waals surface area (Å²) in [5.74, 6) is 0.0907. The van der Waals surface area contributed by atoms with Crippen LogP contribution in [0.25, 0.3) is 0 Å². The van der Waals surface area contributed by atoms with Gasteiger partial charge in [0.05, 0.1) is 0 Å². The highest BCUT2D eigenvalue weighted by atomic mass is 16.2. The van der Waals surface area contributed by atoms with Gasteiger partial charge in [-0.15, -0.1) is 0 Å². The predicted molar refractivity (Wildman–Crippen MR) is 72.3 cm³/mol. The van der Waals surface area contributed by atoms with Crippen LogP contribution in [0.1, 0.15) is 35.3 Å². The first-order valence-electron chi connectivity index (χ1n) is 5.96. The van der Waals surface area contributed by atoms with Gasteiger partial charge in [-0.1, -0.05) is 29.8 Å². The smallest absolute Gasteiger partial charge is 0.254 e. The maximum absolute atomic E-state index is 12.3. The molecule has 0 spiro atoms. The van der Waals surface area contributed by atoms with Crippen molar-refractivity contribution in [2.45, 2.75) is 27.7 Å². The summed E-state index contributed by atoms with van der Waals surface area (Å²) in [4.78, 5) is 14.1. The molecular weight excluding hydrogens is 210 g/mol. The van der Waals surface area contributed by atoms with Gasteiger partial charge in [0, 0.05) is 18.7 Å². The molecule has 1 amide bonds. The first kappa shape index (κ1) is 13.5. The molecule has 0 heterocycles. The number of hydrogen-bond acceptors (Lipinski definition) is 1. The Labute approximate surface area is 104 Å². The third-order valence-electron chi connectivity index (χ3n) is 2.74. The molecule has 0 aliphatic carbocycles. The fourth-order valence-electron chi connectivity index (χ4n) is 1.88. The van der Waals surface area contributed by atoms with Crippen molar-refractivity contribution in [3.05, 3.63) is 47.0 Å². The number of carbonyl (C=O) groups excluding carboxylic acids is 1. The third kappa shape index (κ3) is 3.45. The Morgan fingerprint density at radius 2 is 2.00 bits per heavy atom. The predicted octanol–water partition coefficient (Wildman–Crippen LogP) is 3.34. The van der Waals surface area contributed by atoms with Crippen LogP contribution in [-0.2, 0) is 0 Å². The van der Waals surface area contributed by atoms with Gasteiger partial charge in [-0.25, -0.2) is 0 Å². The van der Waals surface area contributed by atoms with Gasteiger partial charge in [-0.2, -0.15) is 0 Å². The van der Waals surface area contributed by atoms with E-state index in [-0.39, 0.29) is 5.91 Å². The van der Waals surface area contributed by atoms with Crippen molar-refractivity contribution in [2.75, 3.05) is 13.1 Å². The largest absolute Gasteiger partial charge is 0.335 e. The molecule has 0 bridgehead atoms. The van der Waals surface area contributed by atoms with Crippen LogP contribution >= 0.6 is 0 Å². The first-order chi connectivity index (χ1) is 7.95. The lowest BCUT2D eigenvalue weighted by Crippen LogP contribution is -2.32. The molecule has 0 unspecified atom stereocenters. The van der Waals surface area contributed by atoms with Crippen molar-refractivity contribution in [2.24, 2.45) is 0 Å². The van der Waals surface area contributed by atoms with E-state index in [1.165, 1.54) is 5.56 Å². The lowest BCUT2D eigenvalue weighted by atomic mass is 10.0. The molecule has 1 aromatic carbocycles. The summed E-state index contributed by atoms with van der Waals surface area (Å²) in [7, 11) is 0. The number of carbonyl (C=O) groups is 1. The zero-order valence-electron chi connectivity index (χ0n) is 11.2. The maximum Gasteiger partial charge on any atom is 0.254 e. The van der Waals surface area contributed by atoms with Crippen LogP contribution < -0.4 is 0 Å². The van der Waals surface area contributed by atoms with Crippen molar-refractivity contribution < 1.29 is 4.79 Å². The number of nitrogens with zero attached hydrogens (tertiary/aromatic N) is 1. The molecule has 0 saturated heterocycles. The summed E-state index contributed by atoms with van der Waals surface area (Å²) in [5.41, 5.74) is 4.01. The summed E-state index contributed by atoms with van der Waals surface area (Å²) >= 11 is 0. The van der Waals surface area contributed by atoms with Gasteiger partial charge in [-0.05, 0) is 39.3 Å². The normalized spacial score (nSPS) is 10.1. The van der Waals surface area contributed by atoms with Crippen LogP contribution in [0.3, 0.4) is 0 Å². The van der Waals surface area contributed by atoms with Gasteiger partial charge in [0.1, 0.15) is 0 Å². The fourth-order valence-corrected chi connectivity index (χ4v) is 1.88. The monoisotopic (exact) mass is 231 g/mol. The number of hydrogen-bond donors (Lipinski definition) is 0. The minimum atomic E-state index is 0.0907. The lowest BCUT2D eigenvalue weighted by molar-refractivity contribution is 0.0777. The van der Waals surface area contributed by atoms with Crippen molar-refractivity contribution in [3.63, 3.8) is 0 Å². The second kappa shape index (κ2) is 5.67. The Kier molecular flexibility index (Phi) is 4.50. The first-order valence-corrected chi connectivity index (χ1v) is 5.96. The molecule has 0 fully saturated rings. The lowest BCUT2D eigenvalue weighted by Gasteiger charge is -2.22. The number of benzene rings is 1. The summed E-state index contributed by atoms with van der Waals surface area (Å²) in [6, 6.07) is 5.94. The van der Waals surface area contributed by atoms with E-state index in [9.17, 15) is 4.79 Å². The Hall–Kier alpha value is -1.57. The summed E-state index contributed by atoms with van der Waals surface area (Å²) in [6.07, 6.45) is 0. The Balaban J connectivity index is 2.97. The fraction of sp³-hybridized carbons (Fsp3) is 0.400. The van der Waals surface area contributed by atoms with Crippen LogP contribution in [-0.4, -0.2) is 23.9 Å². The number of aryl methyl sites for hydroxylation is 2. The van der Waals surface area contributed by atoms with Gasteiger partial charge >= 0.3 is 0 Å². The second-order valence-electron chi connectivity index (χ2n) is 4.59. The van der Waals surface area contributed by atoms with E-state index in [1.54, 1.807) is 0 Å². The highest BCUT2D eigenvalue weighted by molar-refractivity contribution is 5.95. The van der Waals surface area contributed by atoms with Crippen LogP contribution in [0.4, 0.5) is 0 Å². The van der Waals surface area contributed by atoms with E-state index in [0.717, 1.165) is 16.7 Å². The second-order valence-corrected chi connectivity index (χ2v) is 4.59. The summed E-state index contributed by atoms with van der Waals surface area (Å²) in [6.45, 7) is 13.1. The van der Waals surface area contributed by atoms with E-state index < -0.39 is 0 Å². The zero-order valence-corrected chi connectivity index (χ0v) is 11.2. The molecule has 92 valence electrons. The highest BCUT2D eigenvalue weighted by Gasteiger charge is 2.15. The summed E-state index contributed by atoms with van der Waals surface area (Å²) < 4.78 is 0. The topological polar surface area (TPSA) is 20.3 Å². The number of amides is 1. The number of rotatable bonds is 4. The van der Waals surface area contributed by atoms with E-state index in [4.69, 9.17) is 0 Å². The average molecular weight is 231 g/mol. The van der Waals surface area contributed by atoms with E-state index >= 15 is 0 Å². The molecule has 0 saturated carbocycles. The van der Waals surface area contributed by atoms with Crippen LogP contribution in [0.15, 0.2) is 30.4 Å². The molecule has 0 atom stereocenters. The Morgan fingerprint density at radius 3 is 2.47 bits per heavy atom. The average Bonchev–Trinajstić information content (AvgIpc) is 2.24. The molecular formula is C15H21NO. The third-order valence-corrected chi connectivity index (χ3v) is 2.74. The van der Waals surface area contributed by atoms with Crippen LogP contribution in [0.2, 0.25) is 0 Å². The van der Waals surface area contributed by atoms with Crippen LogP contribution in [0, 0.1) is 13.8 Å². The molecule has 1 aromatic rings. The minimum absolute atomic E-state index is 0.0907. The molecule has 0 radical (unpaired) electrons. The van der Waals surface area contributed by atoms with Crippen LogP contribution in [0.5, 0.6) is 0 Å². The SMILES string of the molecule is C=C(C)CN(CC)C(=O)c1ccc(C)cc1C. The van der Waals surface area contributed by atoms with Gasteiger partial charge < -0.3 is 4.90 Å². The van der Waals surface area contributed by atoms with Gasteiger partial charge in [0.2, 0.25) is 0 Å². The maximum atomic E-state index is 12.3. The van der Waals surface area contributed by atoms with Crippen molar-refractivity contribution in [3.8, 4) is 0 Å². The molecule has 0 aliphatic rings. The molecule has 0 aliphatic heterocycles. The molecule has 2 heteroatoms. The minimum Gasteiger partial charge on any atom is -0.335 e. The van der Waals surface area contributed by atoms with Gasteiger partial charge in [-0.3, -0.25) is 4.79 Å². The van der Waals surface area contributed by atoms with Crippen molar-refractivity contribution in [1.29, 1.82) is 0 Å². The standard InChI is InChI=1S/C15H21NO/c1-6-16(10-11(2)3)15(17)14-8-7-12(4)9-13(14)5/h7-9H,2,6,10H2,1,3-5H3. The van der Waals surface area contributed by atoms with Crippen molar-refractivity contribution >= 4 is 5.91 Å².